The standard InChI is InChI=1S/C66H131N2O6P/c1-6-8-10-12-14-16-18-20-21-22-23-24-25-26-27-28-29-30-31-32-33-34-35-36-37-38-39-40-41-42-43-44-45-46-47-48-50-52-54-56-58-60-66(70)67-64(63-74-75(71,72)73-62-61-68(3,4)5)65(69)59-57-55-53-51-49-19-17-15-13-11-9-7-2/h18,20,22-23,64-65,69H,6-17,19,21,24-63H2,1-5H3,(H-,67,70,71,72)/p+1/b20-18-,23-22-. The number of quaternary nitrogens is 1. The number of nitrogens with zero attached hydrogens (tertiary/aromatic N) is 1. The lowest BCUT2D eigenvalue weighted by Crippen LogP contribution is -2.46. The molecule has 0 saturated heterocycles. The number of hydrogen-bond acceptors (Lipinski definition) is 5. The van der Waals surface area contributed by atoms with Crippen LogP contribution in [0.25, 0.3) is 0 Å². The average molecular weight is 1080 g/mol. The van der Waals surface area contributed by atoms with Gasteiger partial charge in [0.05, 0.1) is 39.9 Å². The zero-order valence-corrected chi connectivity index (χ0v) is 52.0. The van der Waals surface area contributed by atoms with E-state index in [4.69, 9.17) is 9.05 Å². The molecule has 0 aromatic carbocycles. The second-order valence-corrected chi connectivity index (χ2v) is 25.7. The summed E-state index contributed by atoms with van der Waals surface area (Å²) < 4.78 is 23.8. The van der Waals surface area contributed by atoms with Gasteiger partial charge in [0, 0.05) is 6.42 Å². The van der Waals surface area contributed by atoms with Gasteiger partial charge in [0.25, 0.3) is 0 Å². The van der Waals surface area contributed by atoms with Gasteiger partial charge in [0.1, 0.15) is 13.2 Å². The number of nitrogens with one attached hydrogen (secondary N) is 1. The van der Waals surface area contributed by atoms with Crippen molar-refractivity contribution in [2.24, 2.45) is 0 Å². The van der Waals surface area contributed by atoms with Crippen molar-refractivity contribution >= 4 is 13.7 Å². The normalized spacial score (nSPS) is 13.9. The molecule has 0 fully saturated rings. The van der Waals surface area contributed by atoms with Crippen molar-refractivity contribution in [1.29, 1.82) is 0 Å². The van der Waals surface area contributed by atoms with Crippen molar-refractivity contribution in [1.82, 2.24) is 5.32 Å². The second kappa shape index (κ2) is 57.7. The summed E-state index contributed by atoms with van der Waals surface area (Å²) in [5.74, 6) is -0.138. The maximum Gasteiger partial charge on any atom is 0.472 e. The predicted octanol–water partition coefficient (Wildman–Crippen LogP) is 20.7. The molecule has 8 nitrogen and oxygen atoms in total. The average Bonchev–Trinajstić information content (AvgIpc) is 3.37. The minimum Gasteiger partial charge on any atom is -0.391 e. The smallest absolute Gasteiger partial charge is 0.391 e. The number of aliphatic hydroxyl groups is 1. The van der Waals surface area contributed by atoms with Crippen molar-refractivity contribution < 1.29 is 32.9 Å². The number of likely N-dealkylation sites (N-methyl/N-ethyl adjacent to an activating group) is 1. The van der Waals surface area contributed by atoms with E-state index in [1.165, 1.54) is 270 Å². The highest BCUT2D eigenvalue weighted by molar-refractivity contribution is 7.47. The van der Waals surface area contributed by atoms with E-state index in [9.17, 15) is 19.4 Å². The van der Waals surface area contributed by atoms with Crippen LogP contribution in [0.2, 0.25) is 0 Å². The van der Waals surface area contributed by atoms with Crippen LogP contribution in [0.15, 0.2) is 24.3 Å². The van der Waals surface area contributed by atoms with E-state index in [2.05, 4.69) is 43.5 Å². The molecule has 0 aliphatic rings. The van der Waals surface area contributed by atoms with Gasteiger partial charge < -0.3 is 19.8 Å². The van der Waals surface area contributed by atoms with Crippen LogP contribution in [-0.2, 0) is 18.4 Å². The maximum absolute atomic E-state index is 13.0. The molecule has 0 aromatic heterocycles. The monoisotopic (exact) mass is 1080 g/mol. The van der Waals surface area contributed by atoms with E-state index < -0.39 is 20.0 Å². The first kappa shape index (κ1) is 74.0. The first-order chi connectivity index (χ1) is 36.5. The molecule has 0 saturated carbocycles. The number of rotatable bonds is 62. The lowest BCUT2D eigenvalue weighted by atomic mass is 10.0. The molecule has 0 rings (SSSR count). The Kier molecular flexibility index (Phi) is 56.9. The number of unbranched alkanes of at least 4 members (excludes halogenated alkanes) is 45. The Hall–Kier alpha value is -1.02. The summed E-state index contributed by atoms with van der Waals surface area (Å²) in [4.78, 5) is 23.3. The number of phosphoric ester groups is 1. The van der Waals surface area contributed by atoms with Crippen LogP contribution in [-0.4, -0.2) is 73.4 Å². The predicted molar refractivity (Wildman–Crippen MR) is 328 cm³/mol. The molecule has 0 aliphatic carbocycles. The third kappa shape index (κ3) is 60.5. The van der Waals surface area contributed by atoms with Crippen LogP contribution in [0, 0.1) is 0 Å². The molecule has 1 amide bonds. The van der Waals surface area contributed by atoms with Gasteiger partial charge in [0.15, 0.2) is 0 Å². The molecule has 3 unspecified atom stereocenters. The highest BCUT2D eigenvalue weighted by Gasteiger charge is 2.28. The van der Waals surface area contributed by atoms with Crippen molar-refractivity contribution in [3.8, 4) is 0 Å². The van der Waals surface area contributed by atoms with E-state index in [0.29, 0.717) is 23.9 Å². The van der Waals surface area contributed by atoms with Crippen LogP contribution < -0.4 is 5.32 Å². The summed E-state index contributed by atoms with van der Waals surface area (Å²) in [7, 11) is 1.63. The Balaban J connectivity index is 3.77. The van der Waals surface area contributed by atoms with Gasteiger partial charge in [0.2, 0.25) is 5.91 Å². The molecule has 446 valence electrons. The zero-order chi connectivity index (χ0) is 54.9. The Morgan fingerprint density at radius 1 is 0.453 bits per heavy atom. The first-order valence-electron chi connectivity index (χ1n) is 33.2. The van der Waals surface area contributed by atoms with Crippen LogP contribution in [0.3, 0.4) is 0 Å². The van der Waals surface area contributed by atoms with E-state index in [-0.39, 0.29) is 19.1 Å². The van der Waals surface area contributed by atoms with E-state index in [0.717, 1.165) is 44.9 Å². The number of hydrogen-bond donors (Lipinski definition) is 3. The minimum atomic E-state index is -4.32. The van der Waals surface area contributed by atoms with Crippen molar-refractivity contribution in [3.05, 3.63) is 24.3 Å². The van der Waals surface area contributed by atoms with Gasteiger partial charge in [-0.3, -0.25) is 13.8 Å². The molecule has 0 spiro atoms. The summed E-state index contributed by atoms with van der Waals surface area (Å²) >= 11 is 0. The SMILES string of the molecule is CCCCCCC/C=C\C/C=C\CCCCCCCCCCCCCCCCCCCCCCCCCCCCCCCC(=O)NC(COP(=O)(O)OCC[N+](C)(C)C)C(O)CCCCCCCCCCCCCC. The zero-order valence-electron chi connectivity index (χ0n) is 51.1. The van der Waals surface area contributed by atoms with Crippen molar-refractivity contribution in [2.75, 3.05) is 40.9 Å². The Bertz CT molecular complexity index is 1270. The molecule has 0 bridgehead atoms. The van der Waals surface area contributed by atoms with Gasteiger partial charge in [-0.2, -0.15) is 0 Å². The Morgan fingerprint density at radius 3 is 1.09 bits per heavy atom. The van der Waals surface area contributed by atoms with Crippen molar-refractivity contribution in [2.45, 2.75) is 353 Å². The summed E-state index contributed by atoms with van der Waals surface area (Å²) in [6.45, 7) is 4.91. The summed E-state index contributed by atoms with van der Waals surface area (Å²) in [5, 5.41) is 14.0. The van der Waals surface area contributed by atoms with E-state index in [1.807, 2.05) is 21.1 Å². The molecular formula is C66H132N2O6P+. The second-order valence-electron chi connectivity index (χ2n) is 24.2. The van der Waals surface area contributed by atoms with Gasteiger partial charge in [-0.1, -0.05) is 314 Å². The molecule has 9 heteroatoms. The number of allylic oxidation sites excluding steroid dienone is 4. The summed E-state index contributed by atoms with van der Waals surface area (Å²) in [6.07, 6.45) is 74.4. The number of phosphoric acid groups is 1. The molecular weight excluding hydrogens is 948 g/mol. The Morgan fingerprint density at radius 2 is 0.760 bits per heavy atom. The van der Waals surface area contributed by atoms with Gasteiger partial charge in [-0.15, -0.1) is 0 Å². The fraction of sp³-hybridized carbons (Fsp3) is 0.924. The Labute approximate surface area is 468 Å². The van der Waals surface area contributed by atoms with Crippen molar-refractivity contribution in [3.63, 3.8) is 0 Å². The molecule has 75 heavy (non-hydrogen) atoms. The third-order valence-corrected chi connectivity index (χ3v) is 16.4. The first-order valence-corrected chi connectivity index (χ1v) is 34.7. The molecule has 0 aliphatic heterocycles. The van der Waals surface area contributed by atoms with Crippen LogP contribution in [0.1, 0.15) is 341 Å². The fourth-order valence-corrected chi connectivity index (χ4v) is 11.0. The van der Waals surface area contributed by atoms with Gasteiger partial charge >= 0.3 is 7.82 Å². The molecule has 3 N–H and O–H groups in total. The number of amides is 1. The topological polar surface area (TPSA) is 105 Å². The molecule has 0 aromatic rings. The van der Waals surface area contributed by atoms with E-state index in [1.54, 1.807) is 0 Å². The van der Waals surface area contributed by atoms with Gasteiger partial charge in [-0.05, 0) is 44.9 Å². The highest BCUT2D eigenvalue weighted by Crippen LogP contribution is 2.43. The number of aliphatic hydroxyl groups excluding tert-OH is 1. The molecule has 3 atom stereocenters. The van der Waals surface area contributed by atoms with Crippen LogP contribution in [0.4, 0.5) is 0 Å². The quantitative estimate of drug-likeness (QED) is 0.0243. The molecule has 0 radical (unpaired) electrons. The summed E-state index contributed by atoms with van der Waals surface area (Å²) in [5.41, 5.74) is 0. The molecule has 0 heterocycles. The van der Waals surface area contributed by atoms with E-state index >= 15 is 0 Å². The summed E-state index contributed by atoms with van der Waals surface area (Å²) in [6, 6.07) is -0.756. The van der Waals surface area contributed by atoms with Gasteiger partial charge in [-0.25, -0.2) is 4.57 Å². The lowest BCUT2D eigenvalue weighted by molar-refractivity contribution is -0.870. The number of carbonyl (C=O) groups excluding carboxylic acids is 1. The third-order valence-electron chi connectivity index (χ3n) is 15.5. The van der Waals surface area contributed by atoms with Crippen LogP contribution in [0.5, 0.6) is 0 Å². The largest absolute Gasteiger partial charge is 0.472 e. The lowest BCUT2D eigenvalue weighted by Gasteiger charge is -2.26. The minimum absolute atomic E-state index is 0.0778. The number of carbonyl (C=O) groups is 1. The highest BCUT2D eigenvalue weighted by atomic mass is 31.2. The van der Waals surface area contributed by atoms with Crippen LogP contribution >= 0.6 is 7.82 Å². The maximum atomic E-state index is 13.0. The fourth-order valence-electron chi connectivity index (χ4n) is 10.3.